The van der Waals surface area contributed by atoms with Crippen LogP contribution >= 0.6 is 31.9 Å². The first kappa shape index (κ1) is 25.0. The number of halogens is 2. The van der Waals surface area contributed by atoms with Gasteiger partial charge in [-0.1, -0.05) is 40.2 Å². The topological polar surface area (TPSA) is 114 Å². The number of methoxy groups -OCH3 is 1. The molecule has 0 fully saturated rings. The van der Waals surface area contributed by atoms with Gasteiger partial charge in [0.05, 0.1) is 16.5 Å². The first-order valence-corrected chi connectivity index (χ1v) is 11.3. The molecule has 8 nitrogen and oxygen atoms in total. The molecule has 34 heavy (non-hydrogen) atoms. The van der Waals surface area contributed by atoms with E-state index in [4.69, 9.17) is 9.47 Å². The van der Waals surface area contributed by atoms with Crippen LogP contribution in [0.15, 0.2) is 75.2 Å². The summed E-state index contributed by atoms with van der Waals surface area (Å²) in [6.07, 6.45) is 1.39. The van der Waals surface area contributed by atoms with Crippen molar-refractivity contribution in [3.05, 3.63) is 96.4 Å². The largest absolute Gasteiger partial charge is 0.493 e. The Morgan fingerprint density at radius 1 is 1.15 bits per heavy atom. The van der Waals surface area contributed by atoms with Crippen LogP contribution in [0.4, 0.5) is 11.4 Å². The second-order valence-corrected chi connectivity index (χ2v) is 8.55. The van der Waals surface area contributed by atoms with Crippen LogP contribution in [0.1, 0.15) is 11.1 Å². The SMILES string of the molecule is COc1cc(/C=C(\C#N)C(=O)Nc2cccc([N+](=O)[O-])c2)cc(Br)c1OCc1ccccc1Br. The number of benzene rings is 3. The normalized spacial score (nSPS) is 10.8. The summed E-state index contributed by atoms with van der Waals surface area (Å²) in [7, 11) is 1.49. The van der Waals surface area contributed by atoms with Gasteiger partial charge in [-0.05, 0) is 51.8 Å². The Morgan fingerprint density at radius 2 is 1.91 bits per heavy atom. The van der Waals surface area contributed by atoms with Gasteiger partial charge in [0.25, 0.3) is 11.6 Å². The molecule has 0 aliphatic carbocycles. The number of rotatable bonds is 8. The minimum Gasteiger partial charge on any atom is -0.493 e. The van der Waals surface area contributed by atoms with E-state index in [-0.39, 0.29) is 16.9 Å². The molecule has 3 aromatic rings. The molecule has 0 atom stereocenters. The second-order valence-electron chi connectivity index (χ2n) is 6.85. The zero-order valence-corrected chi connectivity index (χ0v) is 20.9. The molecule has 0 saturated carbocycles. The van der Waals surface area contributed by atoms with Crippen molar-refractivity contribution in [3.8, 4) is 17.6 Å². The lowest BCUT2D eigenvalue weighted by Gasteiger charge is -2.14. The van der Waals surface area contributed by atoms with Crippen molar-refractivity contribution in [2.75, 3.05) is 12.4 Å². The summed E-state index contributed by atoms with van der Waals surface area (Å²) in [5.41, 5.74) is 1.30. The highest BCUT2D eigenvalue weighted by molar-refractivity contribution is 9.10. The van der Waals surface area contributed by atoms with E-state index in [0.717, 1.165) is 10.0 Å². The van der Waals surface area contributed by atoms with Crippen LogP contribution in [0.3, 0.4) is 0 Å². The molecular weight excluding hydrogens is 570 g/mol. The summed E-state index contributed by atoms with van der Waals surface area (Å²) >= 11 is 6.95. The van der Waals surface area contributed by atoms with Crippen LogP contribution in [0.25, 0.3) is 6.08 Å². The average molecular weight is 587 g/mol. The van der Waals surface area contributed by atoms with E-state index in [0.29, 0.717) is 28.1 Å². The Kier molecular flexibility index (Phi) is 8.40. The van der Waals surface area contributed by atoms with Crippen molar-refractivity contribution in [2.24, 2.45) is 0 Å². The lowest BCUT2D eigenvalue weighted by molar-refractivity contribution is -0.384. The first-order valence-electron chi connectivity index (χ1n) is 9.73. The van der Waals surface area contributed by atoms with Gasteiger partial charge >= 0.3 is 0 Å². The van der Waals surface area contributed by atoms with E-state index in [2.05, 4.69) is 37.2 Å². The van der Waals surface area contributed by atoms with Gasteiger partial charge in [-0.25, -0.2) is 0 Å². The maximum absolute atomic E-state index is 12.6. The molecule has 172 valence electrons. The number of nitrogens with zero attached hydrogens (tertiary/aromatic N) is 2. The molecule has 0 radical (unpaired) electrons. The predicted octanol–water partition coefficient (Wildman–Crippen LogP) is 6.25. The van der Waals surface area contributed by atoms with E-state index in [1.165, 1.54) is 37.5 Å². The van der Waals surface area contributed by atoms with Crippen molar-refractivity contribution in [1.82, 2.24) is 0 Å². The molecule has 0 aromatic heterocycles. The van der Waals surface area contributed by atoms with Gasteiger partial charge in [0.1, 0.15) is 18.2 Å². The summed E-state index contributed by atoms with van der Waals surface area (Å²) in [5, 5.41) is 22.9. The number of hydrogen-bond acceptors (Lipinski definition) is 6. The second kappa shape index (κ2) is 11.4. The summed E-state index contributed by atoms with van der Waals surface area (Å²) < 4.78 is 12.9. The summed E-state index contributed by atoms with van der Waals surface area (Å²) in [6.45, 7) is 0.292. The molecule has 0 spiro atoms. The number of carbonyl (C=O) groups is 1. The van der Waals surface area contributed by atoms with Crippen LogP contribution in [-0.2, 0) is 11.4 Å². The first-order chi connectivity index (χ1) is 16.3. The minimum absolute atomic E-state index is 0.174. The number of nitriles is 1. The molecule has 0 saturated heterocycles. The average Bonchev–Trinajstić information content (AvgIpc) is 2.82. The Morgan fingerprint density at radius 3 is 2.59 bits per heavy atom. The Balaban J connectivity index is 1.83. The number of amides is 1. The molecular formula is C24H17Br2N3O5. The lowest BCUT2D eigenvalue weighted by Crippen LogP contribution is -2.13. The molecule has 1 N–H and O–H groups in total. The van der Waals surface area contributed by atoms with Gasteiger partial charge in [0.15, 0.2) is 11.5 Å². The number of nitrogens with one attached hydrogen (secondary N) is 1. The maximum atomic E-state index is 12.6. The monoisotopic (exact) mass is 585 g/mol. The molecule has 0 aliphatic rings. The Hall–Kier alpha value is -3.68. The summed E-state index contributed by atoms with van der Waals surface area (Å²) in [6, 6.07) is 18.3. The highest BCUT2D eigenvalue weighted by Gasteiger charge is 2.15. The number of non-ortho nitro benzene ring substituents is 1. The molecule has 3 rings (SSSR count). The Bertz CT molecular complexity index is 1320. The maximum Gasteiger partial charge on any atom is 0.271 e. The van der Waals surface area contributed by atoms with Gasteiger partial charge in [-0.3, -0.25) is 14.9 Å². The molecule has 1 amide bonds. The number of ether oxygens (including phenoxy) is 2. The van der Waals surface area contributed by atoms with Crippen LogP contribution in [0.2, 0.25) is 0 Å². The van der Waals surface area contributed by atoms with Crippen molar-refractivity contribution in [1.29, 1.82) is 5.26 Å². The van der Waals surface area contributed by atoms with Crippen LogP contribution in [0, 0.1) is 21.4 Å². The van der Waals surface area contributed by atoms with E-state index < -0.39 is 10.8 Å². The highest BCUT2D eigenvalue weighted by atomic mass is 79.9. The van der Waals surface area contributed by atoms with Crippen molar-refractivity contribution in [2.45, 2.75) is 6.61 Å². The van der Waals surface area contributed by atoms with E-state index in [1.807, 2.05) is 30.3 Å². The molecule has 0 unspecified atom stereocenters. The predicted molar refractivity (Wildman–Crippen MR) is 134 cm³/mol. The molecule has 0 bridgehead atoms. The number of carbonyl (C=O) groups excluding carboxylic acids is 1. The van der Waals surface area contributed by atoms with Gasteiger partial charge in [0.2, 0.25) is 0 Å². The third kappa shape index (κ3) is 6.21. The van der Waals surface area contributed by atoms with Crippen LogP contribution < -0.4 is 14.8 Å². The quantitative estimate of drug-likeness (QED) is 0.144. The van der Waals surface area contributed by atoms with Crippen LogP contribution in [-0.4, -0.2) is 17.9 Å². The Labute approximate surface area is 212 Å². The standard InChI is InChI=1S/C24H17Br2N3O5/c1-33-22-11-15(10-21(26)23(22)34-14-16-5-2-3-8-20(16)25)9-17(13-27)24(30)28-18-6-4-7-19(12-18)29(31)32/h2-12H,14H2,1H3,(H,28,30)/b17-9+. The van der Waals surface area contributed by atoms with Crippen molar-refractivity contribution in [3.63, 3.8) is 0 Å². The van der Waals surface area contributed by atoms with Gasteiger partial charge in [0, 0.05) is 27.9 Å². The fourth-order valence-electron chi connectivity index (χ4n) is 2.94. The molecule has 3 aromatic carbocycles. The number of nitro groups is 1. The van der Waals surface area contributed by atoms with E-state index in [9.17, 15) is 20.2 Å². The lowest BCUT2D eigenvalue weighted by atomic mass is 10.1. The fraction of sp³-hybridized carbons (Fsp3) is 0.0833. The van der Waals surface area contributed by atoms with Gasteiger partial charge < -0.3 is 14.8 Å². The summed E-state index contributed by atoms with van der Waals surface area (Å²) in [5.74, 6) is 0.173. The zero-order chi connectivity index (χ0) is 24.7. The number of anilines is 1. The number of nitro benzene ring substituents is 1. The van der Waals surface area contributed by atoms with Crippen molar-refractivity contribution >= 4 is 55.2 Å². The van der Waals surface area contributed by atoms with Crippen LogP contribution in [0.5, 0.6) is 11.5 Å². The third-order valence-electron chi connectivity index (χ3n) is 4.57. The molecule has 10 heteroatoms. The summed E-state index contributed by atoms with van der Waals surface area (Å²) in [4.78, 5) is 22.9. The van der Waals surface area contributed by atoms with Crippen molar-refractivity contribution < 1.29 is 19.2 Å². The fourth-order valence-corrected chi connectivity index (χ4v) is 3.91. The zero-order valence-electron chi connectivity index (χ0n) is 17.7. The van der Waals surface area contributed by atoms with Gasteiger partial charge in [-0.2, -0.15) is 5.26 Å². The molecule has 0 aliphatic heterocycles. The third-order valence-corrected chi connectivity index (χ3v) is 5.94. The highest BCUT2D eigenvalue weighted by Crippen LogP contribution is 2.38. The molecule has 0 heterocycles. The minimum atomic E-state index is -0.702. The van der Waals surface area contributed by atoms with E-state index in [1.54, 1.807) is 12.1 Å². The van der Waals surface area contributed by atoms with E-state index >= 15 is 0 Å². The number of hydrogen-bond donors (Lipinski definition) is 1. The van der Waals surface area contributed by atoms with Gasteiger partial charge in [-0.15, -0.1) is 0 Å². The smallest absolute Gasteiger partial charge is 0.271 e.